The van der Waals surface area contributed by atoms with Crippen LogP contribution in [0.2, 0.25) is 5.02 Å². The van der Waals surface area contributed by atoms with E-state index in [1.807, 2.05) is 12.1 Å². The summed E-state index contributed by atoms with van der Waals surface area (Å²) in [7, 11) is 0. The van der Waals surface area contributed by atoms with Crippen LogP contribution in [-0.4, -0.2) is 17.1 Å². The Morgan fingerprint density at radius 1 is 1.10 bits per heavy atom. The van der Waals surface area contributed by atoms with Crippen molar-refractivity contribution in [2.45, 2.75) is 19.0 Å². The van der Waals surface area contributed by atoms with Crippen LogP contribution < -0.4 is 11.1 Å². The second kappa shape index (κ2) is 7.11. The molecule has 0 saturated carbocycles. The van der Waals surface area contributed by atoms with Gasteiger partial charge in [-0.25, -0.2) is 0 Å². The molecule has 0 aromatic heterocycles. The average molecular weight is 305 g/mol. The van der Waals surface area contributed by atoms with Crippen LogP contribution in [0.1, 0.15) is 11.1 Å². The molecule has 2 aromatic rings. The smallest absolute Gasteiger partial charge is 0.237 e. The zero-order chi connectivity index (χ0) is 15.2. The van der Waals surface area contributed by atoms with Gasteiger partial charge in [-0.3, -0.25) is 4.79 Å². The monoisotopic (exact) mass is 304 g/mol. The number of amides is 1. The van der Waals surface area contributed by atoms with Gasteiger partial charge in [-0.2, -0.15) is 0 Å². The third kappa shape index (κ3) is 4.77. The van der Waals surface area contributed by atoms with Gasteiger partial charge >= 0.3 is 0 Å². The van der Waals surface area contributed by atoms with Gasteiger partial charge < -0.3 is 16.2 Å². The molecule has 1 atom stereocenters. The number of carbonyl (C=O) groups excluding carboxylic acids is 1. The average Bonchev–Trinajstić information content (AvgIpc) is 2.48. The van der Waals surface area contributed by atoms with Crippen LogP contribution in [0.3, 0.4) is 0 Å². The van der Waals surface area contributed by atoms with Gasteiger partial charge in [0.2, 0.25) is 5.91 Å². The second-order valence-corrected chi connectivity index (χ2v) is 5.26. The third-order valence-corrected chi connectivity index (χ3v) is 3.36. The molecule has 4 N–H and O–H groups in total. The highest BCUT2D eigenvalue weighted by molar-refractivity contribution is 6.30. The van der Waals surface area contributed by atoms with E-state index in [0.29, 0.717) is 18.0 Å². The lowest BCUT2D eigenvalue weighted by atomic mass is 10.1. The quantitative estimate of drug-likeness (QED) is 0.793. The molecule has 2 aromatic carbocycles. The molecule has 0 unspecified atom stereocenters. The van der Waals surface area contributed by atoms with Gasteiger partial charge in [0.1, 0.15) is 5.75 Å². The Bertz CT molecular complexity index is 597. The Morgan fingerprint density at radius 3 is 2.29 bits per heavy atom. The Balaban J connectivity index is 1.84. The highest BCUT2D eigenvalue weighted by Crippen LogP contribution is 2.11. The summed E-state index contributed by atoms with van der Waals surface area (Å²) in [4.78, 5) is 11.9. The zero-order valence-electron chi connectivity index (χ0n) is 11.4. The molecule has 4 nitrogen and oxygen atoms in total. The van der Waals surface area contributed by atoms with Crippen molar-refractivity contribution in [1.29, 1.82) is 0 Å². The molecule has 0 aliphatic heterocycles. The highest BCUT2D eigenvalue weighted by atomic mass is 35.5. The molecule has 0 aliphatic rings. The van der Waals surface area contributed by atoms with Gasteiger partial charge in [-0.15, -0.1) is 0 Å². The Labute approximate surface area is 128 Å². The Hall–Kier alpha value is -2.04. The molecule has 0 aliphatic carbocycles. The summed E-state index contributed by atoms with van der Waals surface area (Å²) in [5.41, 5.74) is 7.75. The molecule has 0 fully saturated rings. The number of phenols is 1. The van der Waals surface area contributed by atoms with E-state index >= 15 is 0 Å². The number of benzene rings is 2. The van der Waals surface area contributed by atoms with Crippen LogP contribution in [-0.2, 0) is 17.8 Å². The van der Waals surface area contributed by atoms with Gasteiger partial charge in [-0.1, -0.05) is 35.9 Å². The molecule has 21 heavy (non-hydrogen) atoms. The van der Waals surface area contributed by atoms with Crippen LogP contribution in [0.25, 0.3) is 0 Å². The van der Waals surface area contributed by atoms with E-state index in [1.165, 1.54) is 0 Å². The van der Waals surface area contributed by atoms with Gasteiger partial charge in [0.25, 0.3) is 0 Å². The molecule has 2 rings (SSSR count). The number of hydrogen-bond donors (Lipinski definition) is 3. The maximum Gasteiger partial charge on any atom is 0.237 e. The van der Waals surface area contributed by atoms with E-state index in [4.69, 9.17) is 17.3 Å². The molecule has 110 valence electrons. The molecule has 0 radical (unpaired) electrons. The normalized spacial score (nSPS) is 11.9. The fourth-order valence-electron chi connectivity index (χ4n) is 1.90. The summed E-state index contributed by atoms with van der Waals surface area (Å²) in [6.45, 7) is 0.416. The maximum atomic E-state index is 11.9. The standard InChI is InChI=1S/C16H17ClN2O2/c17-13-5-1-12(2-6-13)10-19-16(21)15(18)9-11-3-7-14(20)8-4-11/h1-8,15,20H,9-10,18H2,(H,19,21)/t15-/m0/s1. The SMILES string of the molecule is N[C@@H](Cc1ccc(O)cc1)C(=O)NCc1ccc(Cl)cc1. The van der Waals surface area contributed by atoms with Crippen LogP contribution >= 0.6 is 11.6 Å². The van der Waals surface area contributed by atoms with Crippen LogP contribution in [0.4, 0.5) is 0 Å². The van der Waals surface area contributed by atoms with Crippen LogP contribution in [0.5, 0.6) is 5.75 Å². The van der Waals surface area contributed by atoms with Crippen molar-refractivity contribution >= 4 is 17.5 Å². The lowest BCUT2D eigenvalue weighted by molar-refractivity contribution is -0.122. The van der Waals surface area contributed by atoms with Crippen molar-refractivity contribution in [2.75, 3.05) is 0 Å². The topological polar surface area (TPSA) is 75.3 Å². The largest absolute Gasteiger partial charge is 0.508 e. The summed E-state index contributed by atoms with van der Waals surface area (Å²) >= 11 is 5.80. The summed E-state index contributed by atoms with van der Waals surface area (Å²) in [5.74, 6) is -0.0162. The predicted molar refractivity (Wildman–Crippen MR) is 83.1 cm³/mol. The first-order valence-electron chi connectivity index (χ1n) is 6.60. The minimum absolute atomic E-state index is 0.194. The van der Waals surface area contributed by atoms with E-state index < -0.39 is 6.04 Å². The molecular formula is C16H17ClN2O2. The van der Waals surface area contributed by atoms with Crippen molar-refractivity contribution in [3.63, 3.8) is 0 Å². The molecule has 0 heterocycles. The summed E-state index contributed by atoms with van der Waals surface area (Å²) < 4.78 is 0. The summed E-state index contributed by atoms with van der Waals surface area (Å²) in [6, 6.07) is 13.3. The van der Waals surface area contributed by atoms with Crippen LogP contribution in [0, 0.1) is 0 Å². The molecule has 0 bridgehead atoms. The van der Waals surface area contributed by atoms with Gasteiger partial charge in [-0.05, 0) is 41.8 Å². The minimum atomic E-state index is -0.623. The molecule has 0 spiro atoms. The first-order valence-corrected chi connectivity index (χ1v) is 6.98. The number of nitrogens with two attached hydrogens (primary N) is 1. The van der Waals surface area contributed by atoms with Crippen LogP contribution in [0.15, 0.2) is 48.5 Å². The predicted octanol–water partition coefficient (Wildman–Crippen LogP) is 2.23. The number of aromatic hydroxyl groups is 1. The summed E-state index contributed by atoms with van der Waals surface area (Å²) in [6.07, 6.45) is 0.423. The molecule has 0 saturated heterocycles. The van der Waals surface area contributed by atoms with Crippen molar-refractivity contribution in [3.8, 4) is 5.75 Å². The van der Waals surface area contributed by atoms with E-state index in [-0.39, 0.29) is 11.7 Å². The lowest BCUT2D eigenvalue weighted by Crippen LogP contribution is -2.41. The van der Waals surface area contributed by atoms with Crippen molar-refractivity contribution in [3.05, 3.63) is 64.7 Å². The van der Waals surface area contributed by atoms with Gasteiger partial charge in [0.05, 0.1) is 6.04 Å². The number of rotatable bonds is 5. The third-order valence-electron chi connectivity index (χ3n) is 3.11. The first-order chi connectivity index (χ1) is 10.0. The number of hydrogen-bond acceptors (Lipinski definition) is 3. The fourth-order valence-corrected chi connectivity index (χ4v) is 2.03. The van der Waals surface area contributed by atoms with Gasteiger partial charge in [0, 0.05) is 11.6 Å². The van der Waals surface area contributed by atoms with E-state index in [9.17, 15) is 9.90 Å². The van der Waals surface area contributed by atoms with Crippen molar-refractivity contribution in [2.24, 2.45) is 5.73 Å². The van der Waals surface area contributed by atoms with E-state index in [1.54, 1.807) is 36.4 Å². The Kier molecular flexibility index (Phi) is 5.20. The first kappa shape index (κ1) is 15.4. The maximum absolute atomic E-state index is 11.9. The minimum Gasteiger partial charge on any atom is -0.508 e. The number of nitrogens with one attached hydrogen (secondary N) is 1. The van der Waals surface area contributed by atoms with Gasteiger partial charge in [0.15, 0.2) is 0 Å². The van der Waals surface area contributed by atoms with Crippen molar-refractivity contribution in [1.82, 2.24) is 5.32 Å². The zero-order valence-corrected chi connectivity index (χ0v) is 12.2. The van der Waals surface area contributed by atoms with E-state index in [2.05, 4.69) is 5.32 Å². The summed E-state index contributed by atoms with van der Waals surface area (Å²) in [5, 5.41) is 12.7. The fraction of sp³-hybridized carbons (Fsp3) is 0.188. The Morgan fingerprint density at radius 2 is 1.67 bits per heavy atom. The lowest BCUT2D eigenvalue weighted by Gasteiger charge is -2.12. The second-order valence-electron chi connectivity index (χ2n) is 4.82. The number of phenolic OH excluding ortho intramolecular Hbond substituents is 1. The highest BCUT2D eigenvalue weighted by Gasteiger charge is 2.13. The molecule has 5 heteroatoms. The number of carbonyl (C=O) groups is 1. The van der Waals surface area contributed by atoms with E-state index in [0.717, 1.165) is 11.1 Å². The van der Waals surface area contributed by atoms with Crippen molar-refractivity contribution < 1.29 is 9.90 Å². The number of halogens is 1. The molecular weight excluding hydrogens is 288 g/mol. The molecule has 1 amide bonds.